The molecule has 0 saturated heterocycles. The van der Waals surface area contributed by atoms with Crippen LogP contribution in [-0.4, -0.2) is 42.3 Å². The Morgan fingerprint density at radius 3 is 2.52 bits per heavy atom. The van der Waals surface area contributed by atoms with Crippen molar-refractivity contribution < 1.29 is 19.3 Å². The van der Waals surface area contributed by atoms with E-state index < -0.39 is 0 Å². The fraction of sp³-hybridized carbons (Fsp3) is 0.125. The zero-order chi connectivity index (χ0) is 23.2. The summed E-state index contributed by atoms with van der Waals surface area (Å²) in [7, 11) is 4.79. The molecular weight excluding hydrogens is 440 g/mol. The van der Waals surface area contributed by atoms with E-state index in [0.717, 1.165) is 11.3 Å². The minimum absolute atomic E-state index is 0.0849. The van der Waals surface area contributed by atoms with Gasteiger partial charge in [-0.25, -0.2) is 9.67 Å². The number of phenols is 1. The van der Waals surface area contributed by atoms with Crippen LogP contribution in [0.4, 0.5) is 5.69 Å². The first-order valence-electron chi connectivity index (χ1n) is 9.92. The van der Waals surface area contributed by atoms with Crippen molar-refractivity contribution in [3.8, 4) is 34.3 Å². The smallest absolute Gasteiger partial charge is 0.211 e. The van der Waals surface area contributed by atoms with Gasteiger partial charge in [-0.2, -0.15) is 5.10 Å². The average Bonchev–Trinajstić information content (AvgIpc) is 3.25. The lowest BCUT2D eigenvalue weighted by Gasteiger charge is -2.11. The molecule has 0 fully saturated rings. The topological polar surface area (TPSA) is 90.5 Å². The average molecular weight is 463 g/mol. The van der Waals surface area contributed by atoms with E-state index in [1.54, 1.807) is 62.8 Å². The van der Waals surface area contributed by atoms with E-state index in [-0.39, 0.29) is 5.75 Å². The van der Waals surface area contributed by atoms with E-state index in [1.165, 1.54) is 11.3 Å². The van der Waals surface area contributed by atoms with E-state index in [0.29, 0.717) is 33.3 Å². The van der Waals surface area contributed by atoms with Gasteiger partial charge in [-0.3, -0.25) is 4.98 Å². The predicted octanol–water partition coefficient (Wildman–Crippen LogP) is 4.46. The highest BCUT2D eigenvalue weighted by Crippen LogP contribution is 2.34. The lowest BCUT2D eigenvalue weighted by Crippen LogP contribution is -2.12. The van der Waals surface area contributed by atoms with Crippen LogP contribution >= 0.6 is 11.3 Å². The quantitative estimate of drug-likeness (QED) is 0.410. The van der Waals surface area contributed by atoms with Gasteiger partial charge < -0.3 is 19.3 Å². The standard InChI is InChI=1S/C24H22N4O4S/c1-30-18-6-8-22(29)16(11-18)13-26-28-21(20-12-19(31-2)7-9-23(20)32-3)15-33-24(28)27-17-5-4-10-25-14-17/h4-15,29H,1-3H3. The van der Waals surface area contributed by atoms with Gasteiger partial charge in [0, 0.05) is 22.7 Å². The van der Waals surface area contributed by atoms with Crippen molar-refractivity contribution in [3.63, 3.8) is 0 Å². The number of rotatable bonds is 7. The summed E-state index contributed by atoms with van der Waals surface area (Å²) in [6, 6.07) is 14.2. The first-order chi connectivity index (χ1) is 16.1. The third kappa shape index (κ3) is 4.88. The molecule has 8 nitrogen and oxygen atoms in total. The number of thiazole rings is 1. The number of benzene rings is 2. The van der Waals surface area contributed by atoms with Crippen molar-refractivity contribution in [1.29, 1.82) is 0 Å². The Morgan fingerprint density at radius 1 is 1.00 bits per heavy atom. The summed E-state index contributed by atoms with van der Waals surface area (Å²) >= 11 is 1.42. The number of pyridine rings is 1. The Balaban J connectivity index is 1.91. The Labute approximate surface area is 194 Å². The SMILES string of the molecule is COc1ccc(O)c(C=Nn2c(-c3cc(OC)ccc3OC)csc2=Nc2cccnc2)c1. The Bertz CT molecular complexity index is 1350. The van der Waals surface area contributed by atoms with Gasteiger partial charge in [-0.15, -0.1) is 11.3 Å². The van der Waals surface area contributed by atoms with Gasteiger partial charge in [0.05, 0.1) is 45.1 Å². The van der Waals surface area contributed by atoms with E-state index in [9.17, 15) is 5.11 Å². The van der Waals surface area contributed by atoms with Gasteiger partial charge in [0.15, 0.2) is 0 Å². The molecule has 1 N–H and O–H groups in total. The molecule has 0 radical (unpaired) electrons. The molecule has 0 bridgehead atoms. The summed E-state index contributed by atoms with van der Waals surface area (Å²) in [5, 5.41) is 16.9. The van der Waals surface area contributed by atoms with Crippen LogP contribution in [0.2, 0.25) is 0 Å². The largest absolute Gasteiger partial charge is 0.507 e. The highest BCUT2D eigenvalue weighted by atomic mass is 32.1. The second-order valence-corrected chi connectivity index (χ2v) is 7.61. The maximum absolute atomic E-state index is 10.3. The molecule has 0 aliphatic heterocycles. The molecule has 33 heavy (non-hydrogen) atoms. The van der Waals surface area contributed by atoms with E-state index in [2.05, 4.69) is 10.1 Å². The van der Waals surface area contributed by atoms with Crippen LogP contribution in [-0.2, 0) is 0 Å². The summed E-state index contributed by atoms with van der Waals surface area (Å²) in [6.45, 7) is 0. The minimum Gasteiger partial charge on any atom is -0.507 e. The number of ether oxygens (including phenoxy) is 3. The van der Waals surface area contributed by atoms with Crippen LogP contribution in [0.25, 0.3) is 11.3 Å². The van der Waals surface area contributed by atoms with E-state index in [4.69, 9.17) is 19.2 Å². The molecule has 0 spiro atoms. The highest BCUT2D eigenvalue weighted by molar-refractivity contribution is 7.07. The van der Waals surface area contributed by atoms with Gasteiger partial charge in [-0.1, -0.05) is 0 Å². The van der Waals surface area contributed by atoms with Gasteiger partial charge >= 0.3 is 0 Å². The Morgan fingerprint density at radius 2 is 1.79 bits per heavy atom. The molecule has 0 aliphatic rings. The predicted molar refractivity (Wildman–Crippen MR) is 128 cm³/mol. The van der Waals surface area contributed by atoms with Crippen molar-refractivity contribution in [1.82, 2.24) is 9.66 Å². The fourth-order valence-corrected chi connectivity index (χ4v) is 3.95. The van der Waals surface area contributed by atoms with Crippen molar-refractivity contribution in [2.75, 3.05) is 21.3 Å². The second-order valence-electron chi connectivity index (χ2n) is 6.77. The monoisotopic (exact) mass is 462 g/mol. The van der Waals surface area contributed by atoms with Gasteiger partial charge in [-0.05, 0) is 48.5 Å². The zero-order valence-electron chi connectivity index (χ0n) is 18.3. The first kappa shape index (κ1) is 22.1. The normalized spacial score (nSPS) is 11.7. The molecule has 2 aromatic carbocycles. The summed E-state index contributed by atoms with van der Waals surface area (Å²) in [5.74, 6) is 2.04. The van der Waals surface area contributed by atoms with Crippen molar-refractivity contribution in [2.24, 2.45) is 10.1 Å². The molecule has 0 aliphatic carbocycles. The van der Waals surface area contributed by atoms with E-state index >= 15 is 0 Å². The van der Waals surface area contributed by atoms with Crippen LogP contribution in [0.3, 0.4) is 0 Å². The van der Waals surface area contributed by atoms with Gasteiger partial charge in [0.2, 0.25) is 4.80 Å². The molecule has 9 heteroatoms. The molecule has 0 unspecified atom stereocenters. The van der Waals surface area contributed by atoms with Crippen molar-refractivity contribution >= 4 is 23.2 Å². The first-order valence-corrected chi connectivity index (χ1v) is 10.8. The highest BCUT2D eigenvalue weighted by Gasteiger charge is 2.14. The zero-order valence-corrected chi connectivity index (χ0v) is 19.1. The van der Waals surface area contributed by atoms with Crippen LogP contribution in [0.5, 0.6) is 23.0 Å². The number of hydrogen-bond acceptors (Lipinski definition) is 8. The molecular formula is C24H22N4O4S. The van der Waals surface area contributed by atoms with Gasteiger partial charge in [0.1, 0.15) is 23.0 Å². The maximum Gasteiger partial charge on any atom is 0.211 e. The van der Waals surface area contributed by atoms with Crippen LogP contribution in [0.15, 0.2) is 76.4 Å². The number of aromatic nitrogens is 2. The lowest BCUT2D eigenvalue weighted by molar-refractivity contribution is 0.404. The molecule has 0 atom stereocenters. The van der Waals surface area contributed by atoms with Crippen molar-refractivity contribution in [3.05, 3.63) is 76.7 Å². The third-order valence-electron chi connectivity index (χ3n) is 4.79. The van der Waals surface area contributed by atoms with Crippen LogP contribution < -0.4 is 19.0 Å². The van der Waals surface area contributed by atoms with Gasteiger partial charge in [0.25, 0.3) is 0 Å². The lowest BCUT2D eigenvalue weighted by atomic mass is 10.1. The number of hydrogen-bond donors (Lipinski definition) is 1. The molecule has 0 saturated carbocycles. The molecule has 168 valence electrons. The number of methoxy groups -OCH3 is 3. The summed E-state index contributed by atoms with van der Waals surface area (Å²) < 4.78 is 17.9. The number of nitrogens with zero attached hydrogens (tertiary/aromatic N) is 4. The minimum atomic E-state index is 0.0849. The van der Waals surface area contributed by atoms with Crippen LogP contribution in [0, 0.1) is 0 Å². The summed E-state index contributed by atoms with van der Waals surface area (Å²) in [6.07, 6.45) is 4.92. The number of aromatic hydroxyl groups is 1. The maximum atomic E-state index is 10.3. The molecule has 2 aromatic heterocycles. The molecule has 4 aromatic rings. The molecule has 2 heterocycles. The second kappa shape index (κ2) is 10.0. The summed E-state index contributed by atoms with van der Waals surface area (Å²) in [4.78, 5) is 9.44. The van der Waals surface area contributed by atoms with E-state index in [1.807, 2.05) is 35.7 Å². The molecule has 0 amide bonds. The van der Waals surface area contributed by atoms with Crippen molar-refractivity contribution in [2.45, 2.75) is 0 Å². The fourth-order valence-electron chi connectivity index (χ4n) is 3.10. The third-order valence-corrected chi connectivity index (χ3v) is 5.60. The Kier molecular flexibility index (Phi) is 6.70. The molecule has 4 rings (SSSR count). The van der Waals surface area contributed by atoms with Crippen LogP contribution in [0.1, 0.15) is 5.56 Å². The number of phenolic OH excluding ortho intramolecular Hbond substituents is 1. The summed E-state index contributed by atoms with van der Waals surface area (Å²) in [5.41, 5.74) is 2.73. The Hall–Kier alpha value is -4.11.